The Kier molecular flexibility index (Phi) is 6.45. The van der Waals surface area contributed by atoms with Gasteiger partial charge in [-0.2, -0.15) is 0 Å². The van der Waals surface area contributed by atoms with E-state index in [1.165, 1.54) is 0 Å². The molecule has 1 aromatic carbocycles. The van der Waals surface area contributed by atoms with Crippen LogP contribution >= 0.6 is 0 Å². The zero-order valence-electron chi connectivity index (χ0n) is 13.7. The molecule has 0 aliphatic carbocycles. The number of nitrogens with two attached hydrogens (primary N) is 1. The molecule has 0 saturated carbocycles. The zero-order chi connectivity index (χ0) is 16.0. The first-order chi connectivity index (χ1) is 9.85. The highest BCUT2D eigenvalue weighted by Gasteiger charge is 2.18. The molecule has 1 unspecified atom stereocenters. The highest BCUT2D eigenvalue weighted by Crippen LogP contribution is 2.15. The van der Waals surface area contributed by atoms with Crippen LogP contribution < -0.4 is 5.73 Å². The fourth-order valence-electron chi connectivity index (χ4n) is 2.38. The van der Waals surface area contributed by atoms with Crippen molar-refractivity contribution in [1.82, 2.24) is 4.90 Å². The highest BCUT2D eigenvalue weighted by molar-refractivity contribution is 5.94. The summed E-state index contributed by atoms with van der Waals surface area (Å²) in [6.45, 7) is 8.72. The molecule has 1 aromatic rings. The van der Waals surface area contributed by atoms with Crippen LogP contribution in [0.25, 0.3) is 0 Å². The maximum atomic E-state index is 12.6. The highest BCUT2D eigenvalue weighted by atomic mass is 16.2. The molecule has 0 radical (unpaired) electrons. The quantitative estimate of drug-likeness (QED) is 0.865. The van der Waals surface area contributed by atoms with E-state index in [4.69, 9.17) is 5.73 Å². The van der Waals surface area contributed by atoms with E-state index in [1.807, 2.05) is 37.1 Å². The van der Waals surface area contributed by atoms with E-state index in [2.05, 4.69) is 32.6 Å². The third-order valence-electron chi connectivity index (χ3n) is 3.45. The van der Waals surface area contributed by atoms with Gasteiger partial charge in [0.15, 0.2) is 0 Å². The molecular weight excluding hydrogens is 260 g/mol. The number of hydrogen-bond donors (Lipinski definition) is 1. The van der Waals surface area contributed by atoms with Crippen LogP contribution in [-0.4, -0.2) is 30.4 Å². The van der Waals surface area contributed by atoms with Gasteiger partial charge in [0, 0.05) is 24.2 Å². The van der Waals surface area contributed by atoms with Crippen molar-refractivity contribution in [3.05, 3.63) is 34.9 Å². The molecule has 0 bridgehead atoms. The number of aryl methyl sites for hydroxylation is 1. The predicted molar refractivity (Wildman–Crippen MR) is 88.1 cm³/mol. The average molecular weight is 286 g/mol. The number of rotatable bonds is 4. The molecule has 0 spiro atoms. The molecule has 0 fully saturated rings. The Morgan fingerprint density at radius 3 is 2.52 bits per heavy atom. The molecule has 0 saturated heterocycles. The summed E-state index contributed by atoms with van der Waals surface area (Å²) in [6, 6.07) is 5.94. The van der Waals surface area contributed by atoms with Gasteiger partial charge in [-0.1, -0.05) is 25.7 Å². The Morgan fingerprint density at radius 2 is 1.95 bits per heavy atom. The molecule has 1 rings (SSSR count). The lowest BCUT2D eigenvalue weighted by atomic mass is 10.0. The largest absolute Gasteiger partial charge is 0.339 e. The van der Waals surface area contributed by atoms with Crippen molar-refractivity contribution in [3.63, 3.8) is 0 Å². The number of nitrogens with zero attached hydrogens (tertiary/aromatic N) is 1. The van der Waals surface area contributed by atoms with Crippen molar-refractivity contribution >= 4 is 5.91 Å². The number of hydrogen-bond acceptors (Lipinski definition) is 2. The second-order valence-electron chi connectivity index (χ2n) is 5.99. The van der Waals surface area contributed by atoms with Gasteiger partial charge in [-0.05, 0) is 49.9 Å². The minimum Gasteiger partial charge on any atom is -0.339 e. The van der Waals surface area contributed by atoms with Crippen LogP contribution in [0.15, 0.2) is 18.2 Å². The number of carbonyl (C=O) groups is 1. The van der Waals surface area contributed by atoms with Gasteiger partial charge < -0.3 is 10.6 Å². The lowest BCUT2D eigenvalue weighted by Crippen LogP contribution is -2.36. The molecular formula is C18H26N2O. The van der Waals surface area contributed by atoms with E-state index < -0.39 is 0 Å². The smallest absolute Gasteiger partial charge is 0.253 e. The Morgan fingerprint density at radius 1 is 1.29 bits per heavy atom. The Balaban J connectivity index is 2.98. The molecule has 2 N–H and O–H groups in total. The van der Waals surface area contributed by atoms with E-state index in [1.54, 1.807) is 0 Å². The van der Waals surface area contributed by atoms with Crippen molar-refractivity contribution in [3.8, 4) is 11.8 Å². The van der Waals surface area contributed by atoms with Crippen LogP contribution in [-0.2, 0) is 0 Å². The molecule has 3 nitrogen and oxygen atoms in total. The van der Waals surface area contributed by atoms with Gasteiger partial charge in [-0.3, -0.25) is 4.79 Å². The fraction of sp³-hybridized carbons (Fsp3) is 0.500. The standard InChI is InChI=1S/C18H26N2O/c1-13(2)9-15(4)20(5)18(21)17-11-14(3)10-16(12-17)7-6-8-19/h10-13,15H,8-9,19H2,1-5H3. The first-order valence-corrected chi connectivity index (χ1v) is 7.43. The first-order valence-electron chi connectivity index (χ1n) is 7.43. The first kappa shape index (κ1) is 17.3. The summed E-state index contributed by atoms with van der Waals surface area (Å²) in [5, 5.41) is 0. The number of carbonyl (C=O) groups excluding carboxylic acids is 1. The van der Waals surface area contributed by atoms with Gasteiger partial charge in [-0.25, -0.2) is 0 Å². The van der Waals surface area contributed by atoms with Gasteiger partial charge >= 0.3 is 0 Å². The molecule has 1 atom stereocenters. The topological polar surface area (TPSA) is 46.3 Å². The average Bonchev–Trinajstić information content (AvgIpc) is 2.42. The third kappa shape index (κ3) is 5.24. The number of benzene rings is 1. The van der Waals surface area contributed by atoms with Gasteiger partial charge in [0.05, 0.1) is 6.54 Å². The maximum absolute atomic E-state index is 12.6. The van der Waals surface area contributed by atoms with Crippen LogP contribution in [0.1, 0.15) is 48.7 Å². The minimum atomic E-state index is 0.0441. The summed E-state index contributed by atoms with van der Waals surface area (Å²) in [5.41, 5.74) is 7.96. The number of amides is 1. The SMILES string of the molecule is Cc1cc(C#CCN)cc(C(=O)N(C)C(C)CC(C)C)c1. The zero-order valence-corrected chi connectivity index (χ0v) is 13.7. The maximum Gasteiger partial charge on any atom is 0.253 e. The molecule has 1 amide bonds. The van der Waals surface area contributed by atoms with Gasteiger partial charge in [-0.15, -0.1) is 0 Å². The molecule has 114 valence electrons. The molecule has 0 heterocycles. The van der Waals surface area contributed by atoms with Gasteiger partial charge in [0.25, 0.3) is 5.91 Å². The monoisotopic (exact) mass is 286 g/mol. The lowest BCUT2D eigenvalue weighted by Gasteiger charge is -2.26. The molecule has 0 aliphatic heterocycles. The van der Waals surface area contributed by atoms with Crippen molar-refractivity contribution in [2.24, 2.45) is 11.7 Å². The molecule has 0 aliphatic rings. The van der Waals surface area contributed by atoms with Crippen molar-refractivity contribution in [2.75, 3.05) is 13.6 Å². The Hall–Kier alpha value is -1.79. The predicted octanol–water partition coefficient (Wildman–Crippen LogP) is 2.81. The molecule has 21 heavy (non-hydrogen) atoms. The van der Waals surface area contributed by atoms with E-state index in [-0.39, 0.29) is 11.9 Å². The fourth-order valence-corrected chi connectivity index (χ4v) is 2.38. The van der Waals surface area contributed by atoms with E-state index in [9.17, 15) is 4.79 Å². The summed E-state index contributed by atoms with van der Waals surface area (Å²) in [5.74, 6) is 6.44. The molecule has 0 aromatic heterocycles. The second-order valence-corrected chi connectivity index (χ2v) is 5.99. The van der Waals surface area contributed by atoms with Crippen LogP contribution in [0.5, 0.6) is 0 Å². The van der Waals surface area contributed by atoms with Crippen LogP contribution in [0.2, 0.25) is 0 Å². The van der Waals surface area contributed by atoms with E-state index >= 15 is 0 Å². The third-order valence-corrected chi connectivity index (χ3v) is 3.45. The molecule has 3 heteroatoms. The summed E-state index contributed by atoms with van der Waals surface area (Å²) in [7, 11) is 1.86. The minimum absolute atomic E-state index is 0.0441. The normalized spacial score (nSPS) is 11.8. The summed E-state index contributed by atoms with van der Waals surface area (Å²) in [6.07, 6.45) is 0.994. The lowest BCUT2D eigenvalue weighted by molar-refractivity contribution is 0.0728. The summed E-state index contributed by atoms with van der Waals surface area (Å²) in [4.78, 5) is 14.4. The summed E-state index contributed by atoms with van der Waals surface area (Å²) >= 11 is 0. The second kappa shape index (κ2) is 7.85. The Bertz CT molecular complexity index is 552. The van der Waals surface area contributed by atoms with Gasteiger partial charge in [0.2, 0.25) is 0 Å². The summed E-state index contributed by atoms with van der Waals surface area (Å²) < 4.78 is 0. The van der Waals surface area contributed by atoms with Crippen LogP contribution in [0.3, 0.4) is 0 Å². The van der Waals surface area contributed by atoms with Crippen LogP contribution in [0, 0.1) is 24.7 Å². The van der Waals surface area contributed by atoms with Crippen molar-refractivity contribution in [2.45, 2.75) is 40.2 Å². The van der Waals surface area contributed by atoms with Crippen molar-refractivity contribution < 1.29 is 4.79 Å². The van der Waals surface area contributed by atoms with E-state index in [0.29, 0.717) is 18.0 Å². The Labute approximate surface area is 128 Å². The van der Waals surface area contributed by atoms with Crippen LogP contribution in [0.4, 0.5) is 0 Å². The van der Waals surface area contributed by atoms with Gasteiger partial charge in [0.1, 0.15) is 0 Å². The van der Waals surface area contributed by atoms with Crippen molar-refractivity contribution in [1.29, 1.82) is 0 Å². The van der Waals surface area contributed by atoms with E-state index in [0.717, 1.165) is 17.5 Å².